The fraction of sp³-hybridized carbons (Fsp3) is 0.520. The van der Waals surface area contributed by atoms with Crippen molar-refractivity contribution in [1.82, 2.24) is 0 Å². The van der Waals surface area contributed by atoms with E-state index in [1.165, 1.54) is 5.92 Å². The van der Waals surface area contributed by atoms with Gasteiger partial charge in [0.15, 0.2) is 5.82 Å². The van der Waals surface area contributed by atoms with Crippen molar-refractivity contribution in [2.24, 2.45) is 17.8 Å². The van der Waals surface area contributed by atoms with E-state index in [2.05, 4.69) is 11.7 Å². The summed E-state index contributed by atoms with van der Waals surface area (Å²) < 4.78 is 125. The maximum absolute atomic E-state index is 14.7. The van der Waals surface area contributed by atoms with Crippen LogP contribution in [0.3, 0.4) is 0 Å². The maximum Gasteiger partial charge on any atom is 0.458 e. The van der Waals surface area contributed by atoms with Gasteiger partial charge in [-0.1, -0.05) is 25.7 Å². The van der Waals surface area contributed by atoms with E-state index in [0.29, 0.717) is 29.9 Å². The summed E-state index contributed by atoms with van der Waals surface area (Å²) in [6, 6.07) is 1.62. The monoisotopic (exact) mass is 522 g/mol. The lowest BCUT2D eigenvalue weighted by molar-refractivity contribution is -0.354. The first-order chi connectivity index (χ1) is 16.8. The molecule has 2 aliphatic rings. The van der Waals surface area contributed by atoms with Crippen molar-refractivity contribution in [3.05, 3.63) is 41.2 Å². The van der Waals surface area contributed by atoms with Crippen LogP contribution in [0.1, 0.15) is 38.2 Å². The van der Waals surface area contributed by atoms with Gasteiger partial charge in [0.1, 0.15) is 17.4 Å². The minimum absolute atomic E-state index is 0.0346. The molecule has 0 aromatic heterocycles. The second kappa shape index (κ2) is 10.1. The van der Waals surface area contributed by atoms with Crippen molar-refractivity contribution in [2.45, 2.75) is 51.2 Å². The molecule has 196 valence electrons. The van der Waals surface area contributed by atoms with Crippen molar-refractivity contribution >= 4 is 10.8 Å². The smallest absolute Gasteiger partial charge is 0.429 e. The zero-order valence-electron chi connectivity index (χ0n) is 19.0. The van der Waals surface area contributed by atoms with Crippen LogP contribution in [0.2, 0.25) is 0 Å². The summed E-state index contributed by atoms with van der Waals surface area (Å²) in [5, 5.41) is -1.47. The van der Waals surface area contributed by atoms with Crippen LogP contribution in [0.5, 0.6) is 5.75 Å². The quantitative estimate of drug-likeness (QED) is 0.321. The summed E-state index contributed by atoms with van der Waals surface area (Å²) in [6.45, 7) is 2.23. The Hall–Kier alpha value is -2.58. The molecule has 36 heavy (non-hydrogen) atoms. The fourth-order valence-corrected chi connectivity index (χ4v) is 4.64. The van der Waals surface area contributed by atoms with Crippen molar-refractivity contribution in [3.8, 4) is 17.6 Å². The standard InChI is InChI=1S/C25H22F8O3/c1-13-2-4-14(5-3-13)16-11-34-23(35-12-16)25(32,33)36-17-8-15-9-19(26)18(6-7-24(29,30)31)22(28)21(15)20(27)10-17/h8-10,13-14,16,23H,2-5,11-12H2,1H3. The molecule has 11 heteroatoms. The first-order valence-corrected chi connectivity index (χ1v) is 11.3. The van der Waals surface area contributed by atoms with Gasteiger partial charge in [0.2, 0.25) is 0 Å². The fourth-order valence-electron chi connectivity index (χ4n) is 4.64. The molecule has 0 atom stereocenters. The molecule has 1 aliphatic carbocycles. The zero-order chi connectivity index (χ0) is 26.3. The Kier molecular flexibility index (Phi) is 7.40. The third-order valence-electron chi connectivity index (χ3n) is 6.56. The molecular weight excluding hydrogens is 500 g/mol. The van der Waals surface area contributed by atoms with Crippen LogP contribution in [-0.4, -0.2) is 31.8 Å². The topological polar surface area (TPSA) is 27.7 Å². The zero-order valence-corrected chi connectivity index (χ0v) is 19.0. The van der Waals surface area contributed by atoms with Crippen LogP contribution >= 0.6 is 0 Å². The minimum atomic E-state index is -5.03. The van der Waals surface area contributed by atoms with Crippen LogP contribution in [0.25, 0.3) is 10.8 Å². The Morgan fingerprint density at radius 2 is 1.50 bits per heavy atom. The molecule has 2 aromatic carbocycles. The van der Waals surface area contributed by atoms with E-state index in [1.807, 2.05) is 0 Å². The Balaban J connectivity index is 1.50. The van der Waals surface area contributed by atoms with Gasteiger partial charge in [-0.15, -0.1) is 0 Å². The van der Waals surface area contributed by atoms with Gasteiger partial charge in [-0.3, -0.25) is 0 Å². The number of rotatable bonds is 4. The van der Waals surface area contributed by atoms with E-state index < -0.39 is 58.1 Å². The molecule has 4 rings (SSSR count). The molecule has 0 spiro atoms. The van der Waals surface area contributed by atoms with E-state index in [-0.39, 0.29) is 19.1 Å². The molecular formula is C25H22F8O3. The van der Waals surface area contributed by atoms with E-state index in [1.54, 1.807) is 0 Å². The maximum atomic E-state index is 14.7. The summed E-state index contributed by atoms with van der Waals surface area (Å²) in [7, 11) is 0. The van der Waals surface area contributed by atoms with E-state index in [9.17, 15) is 35.1 Å². The largest absolute Gasteiger partial charge is 0.458 e. The normalized spacial score (nSPS) is 25.4. The van der Waals surface area contributed by atoms with Crippen molar-refractivity contribution in [2.75, 3.05) is 13.2 Å². The third-order valence-corrected chi connectivity index (χ3v) is 6.56. The van der Waals surface area contributed by atoms with Crippen molar-refractivity contribution in [1.29, 1.82) is 0 Å². The lowest BCUT2D eigenvalue weighted by Gasteiger charge is -2.38. The van der Waals surface area contributed by atoms with Crippen molar-refractivity contribution < 1.29 is 49.3 Å². The first kappa shape index (κ1) is 26.5. The summed E-state index contributed by atoms with van der Waals surface area (Å²) >= 11 is 0. The third kappa shape index (κ3) is 5.86. The molecule has 0 radical (unpaired) electrons. The molecule has 0 bridgehead atoms. The highest BCUT2D eigenvalue weighted by Crippen LogP contribution is 2.38. The molecule has 1 saturated carbocycles. The van der Waals surface area contributed by atoms with Gasteiger partial charge in [-0.2, -0.15) is 22.0 Å². The van der Waals surface area contributed by atoms with Gasteiger partial charge < -0.3 is 14.2 Å². The second-order valence-electron chi connectivity index (χ2n) is 9.24. The van der Waals surface area contributed by atoms with Crippen LogP contribution in [0.4, 0.5) is 35.1 Å². The average molecular weight is 522 g/mol. The Bertz CT molecular complexity index is 1170. The lowest BCUT2D eigenvalue weighted by atomic mass is 9.76. The molecule has 0 amide bonds. The van der Waals surface area contributed by atoms with Crippen molar-refractivity contribution in [3.63, 3.8) is 0 Å². The van der Waals surface area contributed by atoms with Gasteiger partial charge in [0, 0.05) is 17.9 Å². The summed E-state index contributed by atoms with van der Waals surface area (Å²) in [4.78, 5) is 0. The van der Waals surface area contributed by atoms with E-state index in [4.69, 9.17) is 9.47 Å². The summed E-state index contributed by atoms with van der Waals surface area (Å²) in [6.07, 6.45) is -7.16. The predicted molar refractivity (Wildman–Crippen MR) is 113 cm³/mol. The molecule has 1 heterocycles. The number of alkyl halides is 5. The van der Waals surface area contributed by atoms with Crippen LogP contribution < -0.4 is 4.74 Å². The van der Waals surface area contributed by atoms with Gasteiger partial charge in [0.25, 0.3) is 6.29 Å². The van der Waals surface area contributed by atoms with Crippen LogP contribution in [0, 0.1) is 47.0 Å². The number of hydrogen-bond acceptors (Lipinski definition) is 3. The SMILES string of the molecule is CC1CCC(C2COC(C(F)(F)Oc3cc(F)c4c(F)c(C#CC(F)(F)F)c(F)cc4c3)OC2)CC1. The highest BCUT2D eigenvalue weighted by Gasteiger charge is 2.48. The Labute approximate surface area is 201 Å². The number of halogens is 8. The van der Waals surface area contributed by atoms with Gasteiger partial charge in [-0.25, -0.2) is 13.2 Å². The predicted octanol–water partition coefficient (Wildman–Crippen LogP) is 6.96. The molecule has 2 aromatic rings. The Morgan fingerprint density at radius 3 is 2.11 bits per heavy atom. The van der Waals surface area contributed by atoms with Gasteiger partial charge >= 0.3 is 12.3 Å². The number of fused-ring (bicyclic) bond motifs is 1. The highest BCUT2D eigenvalue weighted by atomic mass is 19.4. The molecule has 0 unspecified atom stereocenters. The lowest BCUT2D eigenvalue weighted by Crippen LogP contribution is -2.48. The summed E-state index contributed by atoms with van der Waals surface area (Å²) in [5.41, 5.74) is -1.30. The van der Waals surface area contributed by atoms with Crippen LogP contribution in [-0.2, 0) is 9.47 Å². The molecule has 1 saturated heterocycles. The summed E-state index contributed by atoms with van der Waals surface area (Å²) in [5.74, 6) is -2.57. The van der Waals surface area contributed by atoms with E-state index in [0.717, 1.165) is 31.7 Å². The molecule has 0 N–H and O–H groups in total. The molecule has 3 nitrogen and oxygen atoms in total. The molecule has 1 aliphatic heterocycles. The van der Waals surface area contributed by atoms with Crippen LogP contribution in [0.15, 0.2) is 18.2 Å². The second-order valence-corrected chi connectivity index (χ2v) is 9.24. The van der Waals surface area contributed by atoms with Gasteiger partial charge in [-0.05, 0) is 42.2 Å². The van der Waals surface area contributed by atoms with Gasteiger partial charge in [0.05, 0.1) is 24.2 Å². The number of benzene rings is 2. The molecule has 2 fully saturated rings. The number of hydrogen-bond donors (Lipinski definition) is 0. The van der Waals surface area contributed by atoms with E-state index >= 15 is 0 Å². The Morgan fingerprint density at radius 1 is 0.861 bits per heavy atom. The first-order valence-electron chi connectivity index (χ1n) is 11.3. The minimum Gasteiger partial charge on any atom is -0.429 e. The highest BCUT2D eigenvalue weighted by molar-refractivity contribution is 5.87. The average Bonchev–Trinajstić information content (AvgIpc) is 2.78. The number of ether oxygens (including phenoxy) is 3.